The molecule has 1 amide bonds. The summed E-state index contributed by atoms with van der Waals surface area (Å²) in [6, 6.07) is 14.2. The molecule has 3 rings (SSSR count). The number of rotatable bonds is 8. The quantitative estimate of drug-likeness (QED) is 0.659. The van der Waals surface area contributed by atoms with Crippen molar-refractivity contribution in [3.63, 3.8) is 0 Å². The lowest BCUT2D eigenvalue weighted by Gasteiger charge is -2.28. The minimum Gasteiger partial charge on any atom is -0.494 e. The number of nitrogens with zero attached hydrogens (tertiary/aromatic N) is 1. The van der Waals surface area contributed by atoms with Crippen LogP contribution in [0.2, 0.25) is 0 Å². The summed E-state index contributed by atoms with van der Waals surface area (Å²) in [5.41, 5.74) is 1.45. The molecular formula is C22H27NO5S. The fraction of sp³-hybridized carbons (Fsp3) is 0.409. The van der Waals surface area contributed by atoms with Crippen LogP contribution in [-0.4, -0.2) is 50.0 Å². The van der Waals surface area contributed by atoms with Crippen molar-refractivity contribution >= 4 is 15.7 Å². The standard InChI is InChI=1S/C22H27NO5S/c1-3-27-20-9-5-17(6-10-20)15-23(19-13-14-29(25,26)16-19)22(24)18-7-11-21(12-8-18)28-4-2/h5-12,19H,3-4,13-16H2,1-2H3. The van der Waals surface area contributed by atoms with E-state index >= 15 is 0 Å². The molecule has 0 aliphatic carbocycles. The Morgan fingerprint density at radius 1 is 0.966 bits per heavy atom. The van der Waals surface area contributed by atoms with E-state index < -0.39 is 9.84 Å². The molecule has 1 aliphatic rings. The van der Waals surface area contributed by atoms with Gasteiger partial charge in [0, 0.05) is 18.2 Å². The van der Waals surface area contributed by atoms with Gasteiger partial charge in [-0.25, -0.2) is 8.42 Å². The summed E-state index contributed by atoms with van der Waals surface area (Å²) in [6.07, 6.45) is 0.460. The lowest BCUT2D eigenvalue weighted by molar-refractivity contribution is 0.0681. The first kappa shape index (κ1) is 21.2. The molecule has 2 aromatic rings. The molecule has 0 radical (unpaired) electrons. The largest absolute Gasteiger partial charge is 0.494 e. The number of hydrogen-bond donors (Lipinski definition) is 0. The molecule has 0 bridgehead atoms. The van der Waals surface area contributed by atoms with Crippen LogP contribution in [0, 0.1) is 0 Å². The Balaban J connectivity index is 1.83. The maximum absolute atomic E-state index is 13.3. The van der Waals surface area contributed by atoms with Crippen molar-refractivity contribution in [2.75, 3.05) is 24.7 Å². The molecule has 2 aromatic carbocycles. The Labute approximate surface area is 172 Å². The summed E-state index contributed by atoms with van der Waals surface area (Å²) in [5, 5.41) is 0. The van der Waals surface area contributed by atoms with Crippen molar-refractivity contribution in [2.45, 2.75) is 32.9 Å². The first-order valence-electron chi connectivity index (χ1n) is 9.88. The first-order valence-corrected chi connectivity index (χ1v) is 11.7. The van der Waals surface area contributed by atoms with Gasteiger partial charge in [-0.3, -0.25) is 4.79 Å². The third kappa shape index (κ3) is 5.50. The second-order valence-electron chi connectivity index (χ2n) is 7.02. The molecule has 7 heteroatoms. The zero-order valence-electron chi connectivity index (χ0n) is 16.8. The highest BCUT2D eigenvalue weighted by molar-refractivity contribution is 7.91. The van der Waals surface area contributed by atoms with Gasteiger partial charge in [0.25, 0.3) is 5.91 Å². The van der Waals surface area contributed by atoms with Crippen molar-refractivity contribution in [2.24, 2.45) is 0 Å². The van der Waals surface area contributed by atoms with Crippen LogP contribution < -0.4 is 9.47 Å². The second-order valence-corrected chi connectivity index (χ2v) is 9.25. The minimum atomic E-state index is -3.11. The molecule has 0 N–H and O–H groups in total. The van der Waals surface area contributed by atoms with E-state index in [1.54, 1.807) is 29.2 Å². The van der Waals surface area contributed by atoms with Gasteiger partial charge in [-0.05, 0) is 62.2 Å². The third-order valence-corrected chi connectivity index (χ3v) is 6.66. The number of sulfone groups is 1. The molecule has 1 heterocycles. The summed E-state index contributed by atoms with van der Waals surface area (Å²) < 4.78 is 34.9. The highest BCUT2D eigenvalue weighted by Crippen LogP contribution is 2.24. The van der Waals surface area contributed by atoms with E-state index in [-0.39, 0.29) is 23.5 Å². The maximum Gasteiger partial charge on any atom is 0.254 e. The van der Waals surface area contributed by atoms with Crippen LogP contribution >= 0.6 is 0 Å². The van der Waals surface area contributed by atoms with Crippen molar-refractivity contribution in [1.82, 2.24) is 4.90 Å². The van der Waals surface area contributed by atoms with Gasteiger partial charge >= 0.3 is 0 Å². The number of ether oxygens (including phenoxy) is 2. The predicted molar refractivity (Wildman–Crippen MR) is 112 cm³/mol. The van der Waals surface area contributed by atoms with E-state index in [1.807, 2.05) is 38.1 Å². The van der Waals surface area contributed by atoms with Crippen LogP contribution in [-0.2, 0) is 16.4 Å². The fourth-order valence-electron chi connectivity index (χ4n) is 3.47. The summed E-state index contributed by atoms with van der Waals surface area (Å²) in [5.74, 6) is 1.42. The van der Waals surface area contributed by atoms with Gasteiger partial charge in [0.15, 0.2) is 9.84 Å². The van der Waals surface area contributed by atoms with Crippen LogP contribution in [0.4, 0.5) is 0 Å². The molecule has 1 aliphatic heterocycles. The Morgan fingerprint density at radius 3 is 2.00 bits per heavy atom. The molecule has 1 atom stereocenters. The van der Waals surface area contributed by atoms with Crippen LogP contribution in [0.15, 0.2) is 48.5 Å². The molecule has 0 saturated carbocycles. The van der Waals surface area contributed by atoms with E-state index in [0.717, 1.165) is 11.3 Å². The minimum absolute atomic E-state index is 0.00674. The van der Waals surface area contributed by atoms with Gasteiger partial charge < -0.3 is 14.4 Å². The highest BCUT2D eigenvalue weighted by atomic mass is 32.2. The van der Waals surface area contributed by atoms with Crippen LogP contribution in [0.3, 0.4) is 0 Å². The van der Waals surface area contributed by atoms with Crippen molar-refractivity contribution < 1.29 is 22.7 Å². The third-order valence-electron chi connectivity index (χ3n) is 4.91. The van der Waals surface area contributed by atoms with Gasteiger partial charge in [-0.15, -0.1) is 0 Å². The van der Waals surface area contributed by atoms with E-state index in [4.69, 9.17) is 9.47 Å². The molecule has 1 unspecified atom stereocenters. The lowest BCUT2D eigenvalue weighted by Crippen LogP contribution is -2.40. The Hall–Kier alpha value is -2.54. The summed E-state index contributed by atoms with van der Waals surface area (Å²) in [6.45, 7) is 5.31. The predicted octanol–water partition coefficient (Wildman–Crippen LogP) is 3.31. The van der Waals surface area contributed by atoms with E-state index in [1.165, 1.54) is 0 Å². The molecular weight excluding hydrogens is 390 g/mol. The van der Waals surface area contributed by atoms with Gasteiger partial charge in [-0.2, -0.15) is 0 Å². The zero-order valence-corrected chi connectivity index (χ0v) is 17.7. The van der Waals surface area contributed by atoms with Crippen molar-refractivity contribution in [3.8, 4) is 11.5 Å². The molecule has 156 valence electrons. The molecule has 1 saturated heterocycles. The highest BCUT2D eigenvalue weighted by Gasteiger charge is 2.35. The van der Waals surface area contributed by atoms with Crippen molar-refractivity contribution in [1.29, 1.82) is 0 Å². The Morgan fingerprint density at radius 2 is 1.52 bits per heavy atom. The number of carbonyl (C=O) groups excluding carboxylic acids is 1. The number of benzene rings is 2. The monoisotopic (exact) mass is 417 g/mol. The van der Waals surface area contributed by atoms with Crippen LogP contribution in [0.1, 0.15) is 36.2 Å². The SMILES string of the molecule is CCOc1ccc(CN(C(=O)c2ccc(OCC)cc2)C2CCS(=O)(=O)C2)cc1. The van der Waals surface area contributed by atoms with E-state index in [0.29, 0.717) is 37.5 Å². The smallest absolute Gasteiger partial charge is 0.254 e. The first-order chi connectivity index (χ1) is 13.9. The van der Waals surface area contributed by atoms with Crippen LogP contribution in [0.25, 0.3) is 0 Å². The normalized spacial score (nSPS) is 17.7. The number of amides is 1. The average molecular weight is 418 g/mol. The number of hydrogen-bond acceptors (Lipinski definition) is 5. The maximum atomic E-state index is 13.3. The fourth-order valence-corrected chi connectivity index (χ4v) is 5.20. The van der Waals surface area contributed by atoms with E-state index in [2.05, 4.69) is 0 Å². The average Bonchev–Trinajstić information content (AvgIpc) is 3.07. The number of carbonyl (C=O) groups is 1. The van der Waals surface area contributed by atoms with Crippen LogP contribution in [0.5, 0.6) is 11.5 Å². The zero-order chi connectivity index (χ0) is 20.9. The van der Waals surface area contributed by atoms with Crippen molar-refractivity contribution in [3.05, 3.63) is 59.7 Å². The topological polar surface area (TPSA) is 72.9 Å². The van der Waals surface area contributed by atoms with Gasteiger partial charge in [-0.1, -0.05) is 12.1 Å². The van der Waals surface area contributed by atoms with Gasteiger partial charge in [0.1, 0.15) is 11.5 Å². The Kier molecular flexibility index (Phi) is 6.79. The molecule has 6 nitrogen and oxygen atoms in total. The summed E-state index contributed by atoms with van der Waals surface area (Å²) in [4.78, 5) is 14.9. The lowest BCUT2D eigenvalue weighted by atomic mass is 10.1. The Bertz CT molecular complexity index is 923. The van der Waals surface area contributed by atoms with E-state index in [9.17, 15) is 13.2 Å². The summed E-state index contributed by atoms with van der Waals surface area (Å²) in [7, 11) is -3.11. The molecule has 0 spiro atoms. The molecule has 1 fully saturated rings. The molecule has 29 heavy (non-hydrogen) atoms. The molecule has 0 aromatic heterocycles. The van der Waals surface area contributed by atoms with Gasteiger partial charge in [0.05, 0.1) is 24.7 Å². The summed E-state index contributed by atoms with van der Waals surface area (Å²) >= 11 is 0. The second kappa shape index (κ2) is 9.31. The van der Waals surface area contributed by atoms with Gasteiger partial charge in [0.2, 0.25) is 0 Å².